The normalized spacial score (nSPS) is 27.2. The summed E-state index contributed by atoms with van der Waals surface area (Å²) in [6, 6.07) is 3.21. The lowest BCUT2D eigenvalue weighted by Crippen LogP contribution is -2.43. The van der Waals surface area contributed by atoms with Crippen LogP contribution in [0.4, 0.5) is 11.5 Å². The monoisotopic (exact) mass is 235 g/mol. The van der Waals surface area contributed by atoms with Gasteiger partial charge in [0.05, 0.1) is 17.1 Å². The van der Waals surface area contributed by atoms with Crippen molar-refractivity contribution >= 4 is 11.5 Å². The van der Waals surface area contributed by atoms with Crippen LogP contribution in [0.15, 0.2) is 18.3 Å². The summed E-state index contributed by atoms with van der Waals surface area (Å²) in [5, 5.41) is 10.5. The average molecular weight is 235 g/mol. The Balaban J connectivity index is 1.78. The smallest absolute Gasteiger partial charge is 0.287 e. The zero-order valence-corrected chi connectivity index (χ0v) is 9.28. The molecule has 0 aliphatic carbocycles. The van der Waals surface area contributed by atoms with Gasteiger partial charge in [-0.15, -0.1) is 0 Å². The summed E-state index contributed by atoms with van der Waals surface area (Å²) in [5.74, 6) is 0.802. The molecule has 0 amide bonds. The van der Waals surface area contributed by atoms with E-state index in [0.29, 0.717) is 12.2 Å². The molecule has 2 atom stereocenters. The minimum absolute atomic E-state index is 0.0324. The number of anilines is 1. The van der Waals surface area contributed by atoms with Crippen molar-refractivity contribution in [2.75, 3.05) is 18.0 Å². The highest BCUT2D eigenvalue weighted by atomic mass is 16.6. The van der Waals surface area contributed by atoms with Gasteiger partial charge in [-0.1, -0.05) is 0 Å². The van der Waals surface area contributed by atoms with Crippen LogP contribution in [-0.4, -0.2) is 35.2 Å². The van der Waals surface area contributed by atoms with Gasteiger partial charge >= 0.3 is 0 Å². The minimum Gasteiger partial charge on any atom is -0.371 e. The highest BCUT2D eigenvalue weighted by Crippen LogP contribution is 2.29. The largest absolute Gasteiger partial charge is 0.371 e. The second kappa shape index (κ2) is 3.96. The number of pyridine rings is 1. The van der Waals surface area contributed by atoms with Crippen molar-refractivity contribution in [1.29, 1.82) is 0 Å². The Kier molecular flexibility index (Phi) is 2.44. The van der Waals surface area contributed by atoms with Crippen molar-refractivity contribution < 1.29 is 9.66 Å². The summed E-state index contributed by atoms with van der Waals surface area (Å²) in [5.41, 5.74) is 0.0324. The highest BCUT2D eigenvalue weighted by Gasteiger charge is 2.34. The highest BCUT2D eigenvalue weighted by molar-refractivity contribution is 5.43. The van der Waals surface area contributed by atoms with E-state index in [1.54, 1.807) is 6.07 Å². The van der Waals surface area contributed by atoms with E-state index in [4.69, 9.17) is 4.74 Å². The maximum absolute atomic E-state index is 10.5. The third-order valence-corrected chi connectivity index (χ3v) is 3.31. The molecule has 0 N–H and O–H groups in total. The van der Waals surface area contributed by atoms with Gasteiger partial charge in [-0.25, -0.2) is 4.98 Å². The van der Waals surface area contributed by atoms with Crippen LogP contribution in [0.1, 0.15) is 12.8 Å². The second-order valence-corrected chi connectivity index (χ2v) is 4.49. The van der Waals surface area contributed by atoms with E-state index in [2.05, 4.69) is 9.88 Å². The van der Waals surface area contributed by atoms with Crippen LogP contribution in [0.25, 0.3) is 0 Å². The van der Waals surface area contributed by atoms with E-state index in [1.165, 1.54) is 12.3 Å². The van der Waals surface area contributed by atoms with Crippen LogP contribution >= 0.6 is 0 Å². The molecule has 3 rings (SSSR count). The van der Waals surface area contributed by atoms with Gasteiger partial charge in [-0.2, -0.15) is 0 Å². The first kappa shape index (κ1) is 10.5. The Morgan fingerprint density at radius 3 is 2.59 bits per heavy atom. The fourth-order valence-corrected chi connectivity index (χ4v) is 2.48. The quantitative estimate of drug-likeness (QED) is 0.571. The van der Waals surface area contributed by atoms with Crippen LogP contribution in [0.3, 0.4) is 0 Å². The predicted octanol–water partition coefficient (Wildman–Crippen LogP) is 1.36. The van der Waals surface area contributed by atoms with Crippen molar-refractivity contribution in [2.24, 2.45) is 0 Å². The maximum Gasteiger partial charge on any atom is 0.287 e. The van der Waals surface area contributed by atoms with Crippen molar-refractivity contribution in [3.63, 3.8) is 0 Å². The molecule has 1 aromatic rings. The first-order valence-corrected chi connectivity index (χ1v) is 5.73. The number of rotatable bonds is 2. The van der Waals surface area contributed by atoms with Gasteiger partial charge in [0.2, 0.25) is 0 Å². The number of ether oxygens (including phenoxy) is 1. The predicted molar refractivity (Wildman–Crippen MR) is 61.0 cm³/mol. The fourth-order valence-electron chi connectivity index (χ4n) is 2.48. The molecule has 0 aromatic carbocycles. The van der Waals surface area contributed by atoms with E-state index in [9.17, 15) is 10.1 Å². The zero-order chi connectivity index (χ0) is 11.8. The molecule has 3 heterocycles. The molecule has 1 aromatic heterocycles. The molecule has 2 unspecified atom stereocenters. The van der Waals surface area contributed by atoms with Crippen LogP contribution in [-0.2, 0) is 4.74 Å². The SMILES string of the molecule is O=[N+]([O-])c1ccc(N2CC3CCC(C2)O3)nc1. The van der Waals surface area contributed by atoms with Gasteiger partial charge in [0, 0.05) is 19.2 Å². The van der Waals surface area contributed by atoms with Crippen LogP contribution in [0.5, 0.6) is 0 Å². The molecular formula is C11H13N3O3. The van der Waals surface area contributed by atoms with Crippen molar-refractivity contribution in [3.8, 4) is 0 Å². The maximum atomic E-state index is 10.5. The van der Waals surface area contributed by atoms with Gasteiger partial charge in [0.15, 0.2) is 0 Å². The summed E-state index contributed by atoms with van der Waals surface area (Å²) >= 11 is 0. The molecule has 0 saturated carbocycles. The Labute approximate surface area is 98.4 Å². The lowest BCUT2D eigenvalue weighted by atomic mass is 10.2. The molecule has 17 heavy (non-hydrogen) atoms. The molecule has 2 aliphatic heterocycles. The number of aromatic nitrogens is 1. The molecule has 2 saturated heterocycles. The Morgan fingerprint density at radius 1 is 1.35 bits per heavy atom. The van der Waals surface area contributed by atoms with Crippen LogP contribution in [0, 0.1) is 10.1 Å². The molecule has 2 fully saturated rings. The topological polar surface area (TPSA) is 68.5 Å². The molecule has 2 bridgehead atoms. The molecule has 6 nitrogen and oxygen atoms in total. The van der Waals surface area contributed by atoms with Gasteiger partial charge in [-0.05, 0) is 18.9 Å². The lowest BCUT2D eigenvalue weighted by molar-refractivity contribution is -0.385. The zero-order valence-electron chi connectivity index (χ0n) is 9.28. The third kappa shape index (κ3) is 1.95. The standard InChI is InChI=1S/C11H13N3O3/c15-14(16)8-1-4-11(12-5-8)13-6-9-2-3-10(7-13)17-9/h1,4-5,9-10H,2-3,6-7H2. The number of nitrogens with zero attached hydrogens (tertiary/aromatic N) is 3. The number of hydrogen-bond acceptors (Lipinski definition) is 5. The van der Waals surface area contributed by atoms with E-state index in [1.807, 2.05) is 0 Å². The minimum atomic E-state index is -0.431. The summed E-state index contributed by atoms with van der Waals surface area (Å²) in [6.45, 7) is 1.67. The Hall–Kier alpha value is -1.69. The molecule has 6 heteroatoms. The molecule has 0 radical (unpaired) electrons. The second-order valence-electron chi connectivity index (χ2n) is 4.49. The molecular weight excluding hydrogens is 222 g/mol. The van der Waals surface area contributed by atoms with Gasteiger partial charge in [0.1, 0.15) is 12.0 Å². The van der Waals surface area contributed by atoms with Crippen molar-refractivity contribution in [3.05, 3.63) is 28.4 Å². The fraction of sp³-hybridized carbons (Fsp3) is 0.545. The molecule has 0 spiro atoms. The van der Waals surface area contributed by atoms with E-state index in [-0.39, 0.29) is 5.69 Å². The van der Waals surface area contributed by atoms with Gasteiger partial charge in [0.25, 0.3) is 5.69 Å². The summed E-state index contributed by atoms with van der Waals surface area (Å²) in [6.07, 6.45) is 4.12. The molecule has 2 aliphatic rings. The molecule has 90 valence electrons. The summed E-state index contributed by atoms with van der Waals surface area (Å²) < 4.78 is 5.73. The van der Waals surface area contributed by atoms with Crippen LogP contribution < -0.4 is 4.90 Å². The van der Waals surface area contributed by atoms with Gasteiger partial charge in [-0.3, -0.25) is 10.1 Å². The number of hydrogen-bond donors (Lipinski definition) is 0. The first-order valence-electron chi connectivity index (χ1n) is 5.73. The Morgan fingerprint density at radius 2 is 2.06 bits per heavy atom. The van der Waals surface area contributed by atoms with Crippen molar-refractivity contribution in [1.82, 2.24) is 4.98 Å². The van der Waals surface area contributed by atoms with Crippen LogP contribution in [0.2, 0.25) is 0 Å². The number of nitro groups is 1. The van der Waals surface area contributed by atoms with E-state index >= 15 is 0 Å². The number of fused-ring (bicyclic) bond motifs is 2. The summed E-state index contributed by atoms with van der Waals surface area (Å²) in [4.78, 5) is 16.4. The average Bonchev–Trinajstić information content (AvgIpc) is 2.68. The lowest BCUT2D eigenvalue weighted by Gasteiger charge is -2.32. The third-order valence-electron chi connectivity index (χ3n) is 3.31. The number of morpholine rings is 1. The van der Waals surface area contributed by atoms with E-state index < -0.39 is 4.92 Å². The summed E-state index contributed by atoms with van der Waals surface area (Å²) in [7, 11) is 0. The van der Waals surface area contributed by atoms with Gasteiger partial charge < -0.3 is 9.64 Å². The Bertz CT molecular complexity index is 422. The first-order chi connectivity index (χ1) is 8.22. The van der Waals surface area contributed by atoms with Crippen molar-refractivity contribution in [2.45, 2.75) is 25.0 Å². The van der Waals surface area contributed by atoms with E-state index in [0.717, 1.165) is 31.7 Å².